The van der Waals surface area contributed by atoms with Crippen molar-refractivity contribution < 1.29 is 18.3 Å². The van der Waals surface area contributed by atoms with E-state index in [0.29, 0.717) is 38.6 Å². The number of ether oxygens (including phenoxy) is 1. The Morgan fingerprint density at radius 1 is 1.14 bits per heavy atom. The Morgan fingerprint density at radius 2 is 1.89 bits per heavy atom. The molecule has 0 unspecified atom stereocenters. The highest BCUT2D eigenvalue weighted by Gasteiger charge is 2.16. The number of methoxy groups -OCH3 is 1. The van der Waals surface area contributed by atoms with Gasteiger partial charge in [-0.05, 0) is 41.1 Å². The molecule has 0 saturated heterocycles. The second-order valence-corrected chi connectivity index (χ2v) is 7.97. The predicted octanol–water partition coefficient (Wildman–Crippen LogP) is 6.03. The van der Waals surface area contributed by atoms with Gasteiger partial charge in [-0.2, -0.15) is 8.78 Å². The minimum absolute atomic E-state index is 0.344. The highest BCUT2D eigenvalue weighted by molar-refractivity contribution is 7.99. The number of fused-ring (bicyclic) bond motifs is 2. The van der Waals surface area contributed by atoms with Gasteiger partial charge in [0.2, 0.25) is 0 Å². The molecule has 1 aromatic heterocycles. The lowest BCUT2D eigenvalue weighted by atomic mass is 10.1. The quantitative estimate of drug-likeness (QED) is 0.404. The smallest absolute Gasteiger partial charge is 0.288 e. The Bertz CT molecular complexity index is 1180. The van der Waals surface area contributed by atoms with Gasteiger partial charge in [-0.1, -0.05) is 47.4 Å². The molecule has 1 heterocycles. The van der Waals surface area contributed by atoms with Crippen LogP contribution in [0.2, 0.25) is 0 Å². The van der Waals surface area contributed by atoms with Gasteiger partial charge in [0.15, 0.2) is 5.13 Å². The third-order valence-corrected chi connectivity index (χ3v) is 5.76. The van der Waals surface area contributed by atoms with Crippen LogP contribution in [0.25, 0.3) is 21.0 Å². The number of rotatable bonds is 5. The number of alkyl halides is 2. The second kappa shape index (κ2) is 7.73. The number of hydrogen-bond acceptors (Lipinski definition) is 5. The molecule has 0 aliphatic carbocycles. The van der Waals surface area contributed by atoms with Gasteiger partial charge >= 0.3 is 0 Å². The van der Waals surface area contributed by atoms with E-state index in [4.69, 9.17) is 4.74 Å². The van der Waals surface area contributed by atoms with Crippen molar-refractivity contribution in [2.45, 2.75) is 10.7 Å². The maximum Gasteiger partial charge on any atom is 0.288 e. The van der Waals surface area contributed by atoms with E-state index in [1.807, 2.05) is 30.3 Å². The number of amides is 1. The fourth-order valence-corrected chi connectivity index (χ4v) is 4.38. The third-order valence-electron chi connectivity index (χ3n) is 4.12. The van der Waals surface area contributed by atoms with Crippen LogP contribution >= 0.6 is 23.1 Å². The predicted molar refractivity (Wildman–Crippen MR) is 110 cm³/mol. The molecular formula is C20H14F2N2O2S2. The summed E-state index contributed by atoms with van der Waals surface area (Å²) in [5.74, 6) is -2.36. The maximum atomic E-state index is 12.8. The lowest BCUT2D eigenvalue weighted by Gasteiger charge is -2.09. The summed E-state index contributed by atoms with van der Waals surface area (Å²) >= 11 is 1.72. The molecular weight excluding hydrogens is 402 g/mol. The number of halogens is 2. The maximum absolute atomic E-state index is 12.8. The van der Waals surface area contributed by atoms with E-state index in [2.05, 4.69) is 10.3 Å². The molecule has 4 aromatic rings. The van der Waals surface area contributed by atoms with E-state index in [0.717, 1.165) is 15.5 Å². The number of nitrogens with one attached hydrogen (secondary N) is 1. The number of anilines is 1. The van der Waals surface area contributed by atoms with Gasteiger partial charge in [0.05, 0.1) is 22.9 Å². The summed E-state index contributed by atoms with van der Waals surface area (Å²) in [5.41, 5.74) is 1.04. The van der Waals surface area contributed by atoms with Crippen LogP contribution in [0.1, 0.15) is 10.4 Å². The van der Waals surface area contributed by atoms with Crippen LogP contribution in [-0.4, -0.2) is 23.8 Å². The van der Waals surface area contributed by atoms with Crippen molar-refractivity contribution in [3.05, 3.63) is 60.2 Å². The van der Waals surface area contributed by atoms with Crippen LogP contribution in [0.15, 0.2) is 59.5 Å². The molecule has 28 heavy (non-hydrogen) atoms. The van der Waals surface area contributed by atoms with Crippen molar-refractivity contribution in [2.24, 2.45) is 0 Å². The fraction of sp³-hybridized carbons (Fsp3) is 0.100. The molecule has 8 heteroatoms. The average molecular weight is 416 g/mol. The third kappa shape index (κ3) is 3.79. The second-order valence-electron chi connectivity index (χ2n) is 5.88. The van der Waals surface area contributed by atoms with E-state index < -0.39 is 5.76 Å². The van der Waals surface area contributed by atoms with Crippen molar-refractivity contribution in [1.29, 1.82) is 0 Å². The fourth-order valence-electron chi connectivity index (χ4n) is 2.86. The number of aromatic nitrogens is 1. The molecule has 4 rings (SSSR count). The minimum atomic E-state index is -2.48. The van der Waals surface area contributed by atoms with Gasteiger partial charge in [-0.3, -0.25) is 10.1 Å². The zero-order chi connectivity index (χ0) is 19.7. The summed E-state index contributed by atoms with van der Waals surface area (Å²) < 4.78 is 31.2. The molecule has 3 aromatic carbocycles. The first-order chi connectivity index (χ1) is 13.5. The molecule has 4 nitrogen and oxygen atoms in total. The zero-order valence-corrected chi connectivity index (χ0v) is 16.2. The topological polar surface area (TPSA) is 51.2 Å². The van der Waals surface area contributed by atoms with E-state index in [-0.39, 0.29) is 5.91 Å². The van der Waals surface area contributed by atoms with Gasteiger partial charge in [-0.15, -0.1) is 0 Å². The van der Waals surface area contributed by atoms with Crippen molar-refractivity contribution in [3.63, 3.8) is 0 Å². The molecule has 0 spiro atoms. The van der Waals surface area contributed by atoms with E-state index in [1.54, 1.807) is 24.3 Å². The molecule has 0 aliphatic heterocycles. The normalized spacial score (nSPS) is 11.3. The van der Waals surface area contributed by atoms with Crippen LogP contribution < -0.4 is 10.1 Å². The van der Waals surface area contributed by atoms with Crippen molar-refractivity contribution in [1.82, 2.24) is 4.98 Å². The van der Waals surface area contributed by atoms with Crippen LogP contribution in [-0.2, 0) is 0 Å². The van der Waals surface area contributed by atoms with Gasteiger partial charge in [-0.25, -0.2) is 4.98 Å². The minimum Gasteiger partial charge on any atom is -0.496 e. The van der Waals surface area contributed by atoms with Crippen LogP contribution in [0.3, 0.4) is 0 Å². The van der Waals surface area contributed by atoms with Gasteiger partial charge in [0, 0.05) is 4.90 Å². The summed E-state index contributed by atoms with van der Waals surface area (Å²) in [6.45, 7) is 0. The lowest BCUT2D eigenvalue weighted by molar-refractivity contribution is 0.102. The number of carbonyl (C=O) groups excluding carboxylic acids is 1. The SMILES string of the molecule is COc1cc2ccccc2cc1C(=O)Nc1nc2ccc(SC(F)F)cc2s1. The first-order valence-corrected chi connectivity index (χ1v) is 9.96. The van der Waals surface area contributed by atoms with Crippen molar-refractivity contribution >= 4 is 55.1 Å². The molecule has 0 radical (unpaired) electrons. The molecule has 0 saturated carbocycles. The Morgan fingerprint density at radius 3 is 2.61 bits per heavy atom. The largest absolute Gasteiger partial charge is 0.496 e. The summed E-state index contributed by atoms with van der Waals surface area (Å²) in [4.78, 5) is 17.6. The highest BCUT2D eigenvalue weighted by atomic mass is 32.2. The molecule has 0 fully saturated rings. The first-order valence-electron chi connectivity index (χ1n) is 8.27. The van der Waals surface area contributed by atoms with Crippen molar-refractivity contribution in [3.8, 4) is 5.75 Å². The monoisotopic (exact) mass is 416 g/mol. The zero-order valence-electron chi connectivity index (χ0n) is 14.6. The number of carbonyl (C=O) groups is 1. The molecule has 0 bridgehead atoms. The van der Waals surface area contributed by atoms with Crippen LogP contribution in [0, 0.1) is 0 Å². The number of nitrogens with zero attached hydrogens (tertiary/aromatic N) is 1. The number of hydrogen-bond donors (Lipinski definition) is 1. The summed E-state index contributed by atoms with van der Waals surface area (Å²) in [7, 11) is 1.51. The van der Waals surface area contributed by atoms with Crippen LogP contribution in [0.4, 0.5) is 13.9 Å². The first kappa shape index (κ1) is 18.6. The summed E-state index contributed by atoms with van der Waals surface area (Å²) in [5, 5.41) is 5.07. The highest BCUT2D eigenvalue weighted by Crippen LogP contribution is 2.33. The Labute approximate surface area is 167 Å². The average Bonchev–Trinajstić information content (AvgIpc) is 3.07. The summed E-state index contributed by atoms with van der Waals surface area (Å²) in [6, 6.07) is 16.2. The van der Waals surface area contributed by atoms with Gasteiger partial charge < -0.3 is 4.74 Å². The van der Waals surface area contributed by atoms with E-state index in [1.165, 1.54) is 18.4 Å². The molecule has 1 N–H and O–H groups in total. The number of thioether (sulfide) groups is 1. The van der Waals surface area contributed by atoms with E-state index >= 15 is 0 Å². The molecule has 0 atom stereocenters. The Kier molecular flexibility index (Phi) is 5.15. The standard InChI is InChI=1S/C20H14F2N2O2S2/c1-26-16-9-12-5-3-2-4-11(12)8-14(16)18(25)24-20-23-15-7-6-13(27-19(21)22)10-17(15)28-20/h2-10,19H,1H3,(H,23,24,25). The lowest BCUT2D eigenvalue weighted by Crippen LogP contribution is -2.13. The molecule has 142 valence electrons. The molecule has 1 amide bonds. The summed E-state index contributed by atoms with van der Waals surface area (Å²) in [6.07, 6.45) is 0. The van der Waals surface area contributed by atoms with Gasteiger partial charge in [0.25, 0.3) is 11.7 Å². The number of thiazole rings is 1. The Balaban J connectivity index is 1.63. The molecule has 0 aliphatic rings. The van der Waals surface area contributed by atoms with Crippen molar-refractivity contribution in [2.75, 3.05) is 12.4 Å². The van der Waals surface area contributed by atoms with Crippen LogP contribution in [0.5, 0.6) is 5.75 Å². The number of benzene rings is 3. The Hall–Kier alpha value is -2.71. The van der Waals surface area contributed by atoms with E-state index in [9.17, 15) is 13.6 Å². The van der Waals surface area contributed by atoms with Gasteiger partial charge in [0.1, 0.15) is 5.75 Å².